The summed E-state index contributed by atoms with van der Waals surface area (Å²) in [5, 5.41) is 3.12. The summed E-state index contributed by atoms with van der Waals surface area (Å²) in [6.07, 6.45) is 7.83. The largest absolute Gasteiger partial charge is 0.373 e. The SMILES string of the molecule is C[C@@H]1CN(S(=O)(=O)c2ccc(C(=O)NC3CCCCCCC3)cc2)C[C@H](C)O1. The molecular weight excluding hydrogens is 376 g/mol. The van der Waals surface area contributed by atoms with E-state index in [-0.39, 0.29) is 29.1 Å². The number of nitrogens with one attached hydrogen (secondary N) is 1. The molecule has 28 heavy (non-hydrogen) atoms. The summed E-state index contributed by atoms with van der Waals surface area (Å²) in [6.45, 7) is 4.44. The van der Waals surface area contributed by atoms with Gasteiger partial charge < -0.3 is 10.1 Å². The Hall–Kier alpha value is -1.44. The minimum atomic E-state index is -3.58. The molecule has 2 fully saturated rings. The molecule has 1 aliphatic heterocycles. The highest BCUT2D eigenvalue weighted by Gasteiger charge is 2.32. The second kappa shape index (κ2) is 9.37. The molecular formula is C21H32N2O4S. The quantitative estimate of drug-likeness (QED) is 0.829. The Kier molecular flexibility index (Phi) is 7.12. The van der Waals surface area contributed by atoms with Gasteiger partial charge in [-0.3, -0.25) is 4.79 Å². The van der Waals surface area contributed by atoms with E-state index < -0.39 is 10.0 Å². The Labute approximate surface area is 168 Å². The summed E-state index contributed by atoms with van der Waals surface area (Å²) in [7, 11) is -3.58. The average molecular weight is 409 g/mol. The highest BCUT2D eigenvalue weighted by molar-refractivity contribution is 7.89. The number of rotatable bonds is 4. The van der Waals surface area contributed by atoms with E-state index in [1.54, 1.807) is 12.1 Å². The normalized spacial score (nSPS) is 25.6. The minimum Gasteiger partial charge on any atom is -0.373 e. The van der Waals surface area contributed by atoms with Crippen molar-refractivity contribution in [1.29, 1.82) is 0 Å². The van der Waals surface area contributed by atoms with E-state index >= 15 is 0 Å². The first-order valence-corrected chi connectivity index (χ1v) is 11.9. The van der Waals surface area contributed by atoms with Gasteiger partial charge >= 0.3 is 0 Å². The van der Waals surface area contributed by atoms with Gasteiger partial charge in [-0.1, -0.05) is 32.1 Å². The summed E-state index contributed by atoms with van der Waals surface area (Å²) in [5.41, 5.74) is 0.504. The number of carbonyl (C=O) groups is 1. The van der Waals surface area contributed by atoms with Gasteiger partial charge in [0.25, 0.3) is 5.91 Å². The van der Waals surface area contributed by atoms with Crippen LogP contribution in [0, 0.1) is 0 Å². The number of morpholine rings is 1. The number of benzene rings is 1. The van der Waals surface area contributed by atoms with Crippen molar-refractivity contribution in [2.45, 2.75) is 81.9 Å². The van der Waals surface area contributed by atoms with Gasteiger partial charge in [-0.05, 0) is 51.0 Å². The fourth-order valence-electron chi connectivity index (χ4n) is 4.12. The fraction of sp³-hybridized carbons (Fsp3) is 0.667. The van der Waals surface area contributed by atoms with Crippen molar-refractivity contribution in [3.05, 3.63) is 29.8 Å². The number of hydrogen-bond donors (Lipinski definition) is 1. The molecule has 7 heteroatoms. The number of hydrogen-bond acceptors (Lipinski definition) is 4. The van der Waals surface area contributed by atoms with E-state index in [1.165, 1.54) is 35.7 Å². The van der Waals surface area contributed by atoms with Crippen molar-refractivity contribution in [2.75, 3.05) is 13.1 Å². The van der Waals surface area contributed by atoms with Crippen molar-refractivity contribution in [2.24, 2.45) is 0 Å². The third-order valence-corrected chi connectivity index (χ3v) is 7.43. The van der Waals surface area contributed by atoms with Crippen LogP contribution >= 0.6 is 0 Å². The Morgan fingerprint density at radius 2 is 1.50 bits per heavy atom. The topological polar surface area (TPSA) is 75.7 Å². The predicted molar refractivity (Wildman–Crippen MR) is 109 cm³/mol. The number of carbonyl (C=O) groups excluding carboxylic acids is 1. The van der Waals surface area contributed by atoms with Crippen LogP contribution in [0.25, 0.3) is 0 Å². The molecule has 2 aliphatic rings. The van der Waals surface area contributed by atoms with E-state index in [1.807, 2.05) is 13.8 Å². The predicted octanol–water partition coefficient (Wildman–Crippen LogP) is 3.33. The first-order valence-electron chi connectivity index (χ1n) is 10.4. The van der Waals surface area contributed by atoms with Crippen molar-refractivity contribution >= 4 is 15.9 Å². The lowest BCUT2D eigenvalue weighted by atomic mass is 9.96. The lowest BCUT2D eigenvalue weighted by Gasteiger charge is -2.34. The molecule has 0 spiro atoms. The smallest absolute Gasteiger partial charge is 0.251 e. The maximum Gasteiger partial charge on any atom is 0.251 e. The van der Waals surface area contributed by atoms with Crippen molar-refractivity contribution in [3.8, 4) is 0 Å². The van der Waals surface area contributed by atoms with Crippen LogP contribution in [0.15, 0.2) is 29.2 Å². The third-order valence-electron chi connectivity index (χ3n) is 5.58. The summed E-state index contributed by atoms with van der Waals surface area (Å²) in [4.78, 5) is 12.8. The van der Waals surface area contributed by atoms with Gasteiger partial charge in [0, 0.05) is 24.7 Å². The highest BCUT2D eigenvalue weighted by atomic mass is 32.2. The first-order chi connectivity index (χ1) is 13.4. The summed E-state index contributed by atoms with van der Waals surface area (Å²) in [6, 6.07) is 6.50. The lowest BCUT2D eigenvalue weighted by Crippen LogP contribution is -2.48. The maximum absolute atomic E-state index is 12.9. The number of amides is 1. The van der Waals surface area contributed by atoms with E-state index in [2.05, 4.69) is 5.32 Å². The van der Waals surface area contributed by atoms with Gasteiger partial charge in [-0.25, -0.2) is 8.42 Å². The molecule has 156 valence electrons. The van der Waals surface area contributed by atoms with Crippen LogP contribution in [0.4, 0.5) is 0 Å². The minimum absolute atomic E-state index is 0.122. The Bertz CT molecular complexity index is 745. The van der Waals surface area contributed by atoms with Crippen LogP contribution in [0.5, 0.6) is 0 Å². The molecule has 0 aromatic heterocycles. The standard InChI is InChI=1S/C21H32N2O4S/c1-16-14-23(15-17(2)27-16)28(25,26)20-12-10-18(11-13-20)21(24)22-19-8-6-4-3-5-7-9-19/h10-13,16-17,19H,3-9,14-15H2,1-2H3,(H,22,24)/t16-,17+. The Morgan fingerprint density at radius 1 is 0.964 bits per heavy atom. The average Bonchev–Trinajstić information content (AvgIpc) is 2.63. The highest BCUT2D eigenvalue weighted by Crippen LogP contribution is 2.22. The van der Waals surface area contributed by atoms with Crippen LogP contribution in [0.3, 0.4) is 0 Å². The molecule has 1 heterocycles. The summed E-state index contributed by atoms with van der Waals surface area (Å²) in [5.74, 6) is -0.122. The van der Waals surface area contributed by atoms with Gasteiger partial charge in [-0.2, -0.15) is 4.31 Å². The molecule has 6 nitrogen and oxygen atoms in total. The molecule has 1 saturated carbocycles. The fourth-order valence-corrected chi connectivity index (χ4v) is 5.71. The van der Waals surface area contributed by atoms with Crippen LogP contribution in [-0.2, 0) is 14.8 Å². The number of ether oxygens (including phenoxy) is 1. The first kappa shape index (κ1) is 21.3. The molecule has 1 amide bonds. The molecule has 1 aromatic carbocycles. The van der Waals surface area contributed by atoms with E-state index in [9.17, 15) is 13.2 Å². The van der Waals surface area contributed by atoms with Crippen molar-refractivity contribution in [3.63, 3.8) is 0 Å². The zero-order chi connectivity index (χ0) is 20.1. The van der Waals surface area contributed by atoms with E-state index in [4.69, 9.17) is 4.74 Å². The van der Waals surface area contributed by atoms with Crippen molar-refractivity contribution in [1.82, 2.24) is 9.62 Å². The monoisotopic (exact) mass is 408 g/mol. The van der Waals surface area contributed by atoms with Gasteiger partial charge in [0.05, 0.1) is 17.1 Å². The second-order valence-electron chi connectivity index (χ2n) is 8.12. The molecule has 0 unspecified atom stereocenters. The Morgan fingerprint density at radius 3 is 2.07 bits per heavy atom. The lowest BCUT2D eigenvalue weighted by molar-refractivity contribution is -0.0440. The second-order valence-corrected chi connectivity index (χ2v) is 10.1. The van der Waals surface area contributed by atoms with E-state index in [0.717, 1.165) is 25.7 Å². The molecule has 3 rings (SSSR count). The van der Waals surface area contributed by atoms with Crippen molar-refractivity contribution < 1.29 is 17.9 Å². The van der Waals surface area contributed by atoms with Crippen LogP contribution in [-0.4, -0.2) is 50.0 Å². The molecule has 1 saturated heterocycles. The molecule has 0 bridgehead atoms. The van der Waals surface area contributed by atoms with Crippen LogP contribution < -0.4 is 5.32 Å². The maximum atomic E-state index is 12.9. The molecule has 1 aromatic rings. The zero-order valence-corrected chi connectivity index (χ0v) is 17.7. The van der Waals surface area contributed by atoms with Gasteiger partial charge in [0.15, 0.2) is 0 Å². The van der Waals surface area contributed by atoms with Gasteiger partial charge in [-0.15, -0.1) is 0 Å². The summed E-state index contributed by atoms with van der Waals surface area (Å²) < 4.78 is 32.9. The third kappa shape index (κ3) is 5.33. The molecule has 1 aliphatic carbocycles. The zero-order valence-electron chi connectivity index (χ0n) is 16.9. The van der Waals surface area contributed by atoms with Gasteiger partial charge in [0.2, 0.25) is 10.0 Å². The molecule has 2 atom stereocenters. The molecule has 0 radical (unpaired) electrons. The number of sulfonamides is 1. The summed E-state index contributed by atoms with van der Waals surface area (Å²) >= 11 is 0. The van der Waals surface area contributed by atoms with Crippen LogP contribution in [0.1, 0.15) is 69.2 Å². The molecule has 1 N–H and O–H groups in total. The Balaban J connectivity index is 1.65. The van der Waals surface area contributed by atoms with Crippen LogP contribution in [0.2, 0.25) is 0 Å². The number of nitrogens with zero attached hydrogens (tertiary/aromatic N) is 1. The van der Waals surface area contributed by atoms with Gasteiger partial charge in [0.1, 0.15) is 0 Å². The van der Waals surface area contributed by atoms with E-state index in [0.29, 0.717) is 18.7 Å².